The number of carboxylic acid groups (broad SMARTS) is 1. The van der Waals surface area contributed by atoms with Gasteiger partial charge in [-0.15, -0.1) is 0 Å². The Hall–Kier alpha value is -0.610. The second-order valence-corrected chi connectivity index (χ2v) is 6.27. The molecular formula is C15H30N2O2. The molecule has 0 amide bonds. The van der Waals surface area contributed by atoms with Gasteiger partial charge in [-0.25, -0.2) is 0 Å². The van der Waals surface area contributed by atoms with Gasteiger partial charge in [0.15, 0.2) is 0 Å². The SMILES string of the molecule is CCCCCN(C)C1CCC(NC(C)C)(C(=O)O)C1. The number of nitrogens with one attached hydrogen (secondary N) is 1. The van der Waals surface area contributed by atoms with Crippen molar-refractivity contribution in [2.75, 3.05) is 13.6 Å². The van der Waals surface area contributed by atoms with Crippen molar-refractivity contribution >= 4 is 5.97 Å². The van der Waals surface area contributed by atoms with E-state index in [4.69, 9.17) is 0 Å². The Morgan fingerprint density at radius 2 is 2.16 bits per heavy atom. The van der Waals surface area contributed by atoms with Crippen LogP contribution in [0.2, 0.25) is 0 Å². The van der Waals surface area contributed by atoms with Crippen LogP contribution in [0.25, 0.3) is 0 Å². The van der Waals surface area contributed by atoms with Gasteiger partial charge in [0.1, 0.15) is 5.54 Å². The zero-order valence-corrected chi connectivity index (χ0v) is 12.9. The topological polar surface area (TPSA) is 52.6 Å². The lowest BCUT2D eigenvalue weighted by Gasteiger charge is -2.30. The molecule has 0 saturated heterocycles. The maximum atomic E-state index is 11.6. The number of carboxylic acids is 1. The smallest absolute Gasteiger partial charge is 0.323 e. The lowest BCUT2D eigenvalue weighted by Crippen LogP contribution is -2.53. The highest BCUT2D eigenvalue weighted by molar-refractivity contribution is 5.79. The van der Waals surface area contributed by atoms with Crippen LogP contribution < -0.4 is 5.32 Å². The molecule has 0 aromatic rings. The second-order valence-electron chi connectivity index (χ2n) is 6.27. The van der Waals surface area contributed by atoms with E-state index in [1.54, 1.807) is 0 Å². The van der Waals surface area contributed by atoms with E-state index in [0.29, 0.717) is 6.04 Å². The van der Waals surface area contributed by atoms with Gasteiger partial charge in [0.25, 0.3) is 0 Å². The maximum absolute atomic E-state index is 11.6. The third-order valence-electron chi connectivity index (χ3n) is 4.20. The van der Waals surface area contributed by atoms with Crippen LogP contribution in [0, 0.1) is 0 Å². The number of nitrogens with zero attached hydrogens (tertiary/aromatic N) is 1. The summed E-state index contributed by atoms with van der Waals surface area (Å²) in [6, 6.07) is 0.611. The van der Waals surface area contributed by atoms with Gasteiger partial charge in [-0.3, -0.25) is 10.1 Å². The van der Waals surface area contributed by atoms with Crippen LogP contribution in [0.5, 0.6) is 0 Å². The molecule has 2 atom stereocenters. The highest BCUT2D eigenvalue weighted by Crippen LogP contribution is 2.33. The summed E-state index contributed by atoms with van der Waals surface area (Å²) in [6.07, 6.45) is 6.14. The van der Waals surface area contributed by atoms with E-state index in [-0.39, 0.29) is 6.04 Å². The number of unbranched alkanes of at least 4 members (excludes halogenated alkanes) is 2. The summed E-state index contributed by atoms with van der Waals surface area (Å²) in [4.78, 5) is 14.0. The third-order valence-corrected chi connectivity index (χ3v) is 4.20. The van der Waals surface area contributed by atoms with Crippen LogP contribution in [-0.4, -0.2) is 47.2 Å². The highest BCUT2D eigenvalue weighted by Gasteiger charge is 2.46. The van der Waals surface area contributed by atoms with Crippen molar-refractivity contribution in [2.24, 2.45) is 0 Å². The monoisotopic (exact) mass is 270 g/mol. The summed E-state index contributed by atoms with van der Waals surface area (Å²) in [5.74, 6) is -0.689. The minimum Gasteiger partial charge on any atom is -0.480 e. The van der Waals surface area contributed by atoms with Crippen molar-refractivity contribution in [2.45, 2.75) is 76.9 Å². The van der Waals surface area contributed by atoms with Crippen LogP contribution in [0.15, 0.2) is 0 Å². The molecule has 19 heavy (non-hydrogen) atoms. The average Bonchev–Trinajstić information content (AvgIpc) is 2.74. The molecule has 4 heteroatoms. The van der Waals surface area contributed by atoms with Crippen molar-refractivity contribution in [3.8, 4) is 0 Å². The zero-order chi connectivity index (χ0) is 14.5. The fourth-order valence-electron chi connectivity index (χ4n) is 3.13. The van der Waals surface area contributed by atoms with E-state index in [1.807, 2.05) is 13.8 Å². The summed E-state index contributed by atoms with van der Waals surface area (Å²) < 4.78 is 0. The van der Waals surface area contributed by atoms with Crippen molar-refractivity contribution < 1.29 is 9.90 Å². The van der Waals surface area contributed by atoms with Gasteiger partial charge in [-0.05, 0) is 53.1 Å². The van der Waals surface area contributed by atoms with Crippen LogP contribution >= 0.6 is 0 Å². The van der Waals surface area contributed by atoms with Crippen LogP contribution in [0.1, 0.15) is 59.3 Å². The molecule has 0 bridgehead atoms. The molecule has 2 unspecified atom stereocenters. The maximum Gasteiger partial charge on any atom is 0.323 e. The fourth-order valence-corrected chi connectivity index (χ4v) is 3.13. The first kappa shape index (κ1) is 16.4. The fraction of sp³-hybridized carbons (Fsp3) is 0.933. The molecule has 0 spiro atoms. The van der Waals surface area contributed by atoms with Crippen LogP contribution in [0.4, 0.5) is 0 Å². The number of hydrogen-bond donors (Lipinski definition) is 2. The van der Waals surface area contributed by atoms with E-state index < -0.39 is 11.5 Å². The number of rotatable bonds is 8. The molecule has 0 aromatic carbocycles. The lowest BCUT2D eigenvalue weighted by atomic mass is 9.96. The van der Waals surface area contributed by atoms with E-state index in [1.165, 1.54) is 19.3 Å². The number of carbonyl (C=O) groups is 1. The van der Waals surface area contributed by atoms with Gasteiger partial charge in [0.2, 0.25) is 0 Å². The van der Waals surface area contributed by atoms with Crippen molar-refractivity contribution in [1.29, 1.82) is 0 Å². The van der Waals surface area contributed by atoms with Gasteiger partial charge >= 0.3 is 5.97 Å². The Morgan fingerprint density at radius 1 is 1.47 bits per heavy atom. The van der Waals surface area contributed by atoms with Crippen molar-refractivity contribution in [1.82, 2.24) is 10.2 Å². The van der Waals surface area contributed by atoms with Gasteiger partial charge in [-0.2, -0.15) is 0 Å². The first-order valence-corrected chi connectivity index (χ1v) is 7.62. The molecule has 0 aliphatic heterocycles. The Kier molecular flexibility index (Phi) is 6.27. The first-order chi connectivity index (χ1) is 8.91. The molecule has 4 nitrogen and oxygen atoms in total. The Labute approximate surface area is 117 Å². The average molecular weight is 270 g/mol. The van der Waals surface area contributed by atoms with Gasteiger partial charge in [0, 0.05) is 12.1 Å². The molecule has 1 saturated carbocycles. The second kappa shape index (κ2) is 7.25. The van der Waals surface area contributed by atoms with E-state index in [0.717, 1.165) is 25.8 Å². The van der Waals surface area contributed by atoms with Crippen molar-refractivity contribution in [3.05, 3.63) is 0 Å². The Morgan fingerprint density at radius 3 is 2.68 bits per heavy atom. The minimum atomic E-state index is -0.710. The van der Waals surface area contributed by atoms with Crippen LogP contribution in [-0.2, 0) is 4.79 Å². The van der Waals surface area contributed by atoms with Gasteiger partial charge < -0.3 is 10.0 Å². The number of hydrogen-bond acceptors (Lipinski definition) is 3. The largest absolute Gasteiger partial charge is 0.480 e. The van der Waals surface area contributed by atoms with E-state index in [9.17, 15) is 9.90 Å². The number of aliphatic carboxylic acids is 1. The normalized spacial score (nSPS) is 27.4. The lowest BCUT2D eigenvalue weighted by molar-refractivity contribution is -0.145. The summed E-state index contributed by atoms with van der Waals surface area (Å²) in [5, 5.41) is 12.8. The molecule has 2 N–H and O–H groups in total. The van der Waals surface area contributed by atoms with E-state index in [2.05, 4.69) is 24.2 Å². The Bertz CT molecular complexity index is 294. The predicted molar refractivity (Wildman–Crippen MR) is 78.4 cm³/mol. The summed E-state index contributed by atoms with van der Waals surface area (Å²) in [7, 11) is 2.13. The molecule has 0 aromatic heterocycles. The van der Waals surface area contributed by atoms with Gasteiger partial charge in [-0.1, -0.05) is 19.8 Å². The Balaban J connectivity index is 2.55. The molecule has 112 valence electrons. The molecule has 1 rings (SSSR count). The van der Waals surface area contributed by atoms with Crippen LogP contribution in [0.3, 0.4) is 0 Å². The molecular weight excluding hydrogens is 240 g/mol. The molecule has 0 heterocycles. The highest BCUT2D eigenvalue weighted by atomic mass is 16.4. The first-order valence-electron chi connectivity index (χ1n) is 7.62. The standard InChI is InChI=1S/C15H30N2O2/c1-5-6-7-10-17(4)13-8-9-15(11-13,14(18)19)16-12(2)3/h12-13,16H,5-11H2,1-4H3,(H,18,19). The predicted octanol–water partition coefficient (Wildman–Crippen LogP) is 2.48. The zero-order valence-electron chi connectivity index (χ0n) is 12.9. The molecule has 1 fully saturated rings. The molecule has 1 aliphatic carbocycles. The van der Waals surface area contributed by atoms with Crippen molar-refractivity contribution in [3.63, 3.8) is 0 Å². The quantitative estimate of drug-likeness (QED) is 0.665. The minimum absolute atomic E-state index is 0.209. The van der Waals surface area contributed by atoms with E-state index >= 15 is 0 Å². The molecule has 0 radical (unpaired) electrons. The van der Waals surface area contributed by atoms with Gasteiger partial charge in [0.05, 0.1) is 0 Å². The summed E-state index contributed by atoms with van der Waals surface area (Å²) >= 11 is 0. The summed E-state index contributed by atoms with van der Waals surface area (Å²) in [6.45, 7) is 7.32. The summed E-state index contributed by atoms with van der Waals surface area (Å²) in [5.41, 5.74) is -0.710. The third kappa shape index (κ3) is 4.46. The molecule has 1 aliphatic rings.